The quantitative estimate of drug-likeness (QED) is 0.899. The Morgan fingerprint density at radius 3 is 2.45 bits per heavy atom. The number of hydrogen-bond donors (Lipinski definition) is 2. The smallest absolute Gasteiger partial charge is 0.246 e. The van der Waals surface area contributed by atoms with Gasteiger partial charge in [0.25, 0.3) is 0 Å². The van der Waals surface area contributed by atoms with E-state index in [0.29, 0.717) is 0 Å². The molecule has 1 amide bonds. The average molecular weight is 272 g/mol. The maximum Gasteiger partial charge on any atom is 0.246 e. The molecule has 0 saturated carbocycles. The monoisotopic (exact) mass is 272 g/mol. The van der Waals surface area contributed by atoms with Gasteiger partial charge in [-0.05, 0) is 32.9 Å². The summed E-state index contributed by atoms with van der Waals surface area (Å²) in [5, 5.41) is 10.3. The minimum atomic E-state index is -0.334. The summed E-state index contributed by atoms with van der Waals surface area (Å²) in [6.45, 7) is 5.75. The van der Waals surface area contributed by atoms with Crippen LogP contribution < -0.4 is 10.6 Å². The van der Waals surface area contributed by atoms with Gasteiger partial charge in [-0.1, -0.05) is 17.7 Å². The van der Waals surface area contributed by atoms with E-state index in [2.05, 4.69) is 15.7 Å². The molecule has 5 nitrogen and oxygen atoms in total. The molecule has 1 atom stereocenters. The van der Waals surface area contributed by atoms with Crippen LogP contribution in [0.2, 0.25) is 0 Å². The largest absolute Gasteiger partial charge is 0.371 e. The number of anilines is 2. The summed E-state index contributed by atoms with van der Waals surface area (Å²) in [5.74, 6) is -0.0721. The van der Waals surface area contributed by atoms with Crippen molar-refractivity contribution >= 4 is 17.3 Å². The topological polar surface area (TPSA) is 59.0 Å². The highest BCUT2D eigenvalue weighted by atomic mass is 16.2. The van der Waals surface area contributed by atoms with Crippen molar-refractivity contribution in [2.24, 2.45) is 7.05 Å². The van der Waals surface area contributed by atoms with E-state index in [-0.39, 0.29) is 11.9 Å². The Hall–Kier alpha value is -2.30. The van der Waals surface area contributed by atoms with E-state index < -0.39 is 0 Å². The summed E-state index contributed by atoms with van der Waals surface area (Å²) in [6, 6.07) is 7.40. The van der Waals surface area contributed by atoms with Crippen LogP contribution in [0.5, 0.6) is 0 Å². The van der Waals surface area contributed by atoms with Crippen LogP contribution in [-0.4, -0.2) is 21.7 Å². The average Bonchev–Trinajstić information content (AvgIpc) is 2.70. The van der Waals surface area contributed by atoms with Crippen LogP contribution in [0.4, 0.5) is 11.4 Å². The number of benzene rings is 1. The molecular formula is C15H20N4O. The normalized spacial score (nSPS) is 12.0. The molecule has 0 saturated heterocycles. The van der Waals surface area contributed by atoms with Gasteiger partial charge in [0.05, 0.1) is 11.4 Å². The number of amides is 1. The zero-order chi connectivity index (χ0) is 14.7. The summed E-state index contributed by atoms with van der Waals surface area (Å²) in [4.78, 5) is 12.1. The summed E-state index contributed by atoms with van der Waals surface area (Å²) >= 11 is 0. The maximum absolute atomic E-state index is 12.1. The molecule has 0 radical (unpaired) electrons. The number of aromatic nitrogens is 2. The van der Waals surface area contributed by atoms with E-state index in [0.717, 1.165) is 17.1 Å². The fourth-order valence-electron chi connectivity index (χ4n) is 1.93. The van der Waals surface area contributed by atoms with E-state index in [4.69, 9.17) is 0 Å². The third-order valence-corrected chi connectivity index (χ3v) is 3.10. The molecule has 0 aliphatic rings. The number of nitrogens with zero attached hydrogens (tertiary/aromatic N) is 2. The number of carbonyl (C=O) groups excluding carboxylic acids is 1. The Balaban J connectivity index is 1.98. The van der Waals surface area contributed by atoms with Gasteiger partial charge in [0.15, 0.2) is 0 Å². The van der Waals surface area contributed by atoms with Gasteiger partial charge in [-0.3, -0.25) is 9.48 Å². The number of carbonyl (C=O) groups is 1. The molecule has 1 unspecified atom stereocenters. The van der Waals surface area contributed by atoms with Crippen molar-refractivity contribution < 1.29 is 4.79 Å². The van der Waals surface area contributed by atoms with Crippen molar-refractivity contribution in [3.05, 3.63) is 41.7 Å². The number of aryl methyl sites for hydroxylation is 3. The van der Waals surface area contributed by atoms with Crippen LogP contribution in [-0.2, 0) is 11.8 Å². The summed E-state index contributed by atoms with van der Waals surface area (Å²) in [5.41, 5.74) is 3.72. The first-order valence-corrected chi connectivity index (χ1v) is 6.60. The highest BCUT2D eigenvalue weighted by Crippen LogP contribution is 2.14. The Morgan fingerprint density at radius 1 is 1.25 bits per heavy atom. The lowest BCUT2D eigenvalue weighted by Crippen LogP contribution is -2.31. The van der Waals surface area contributed by atoms with Crippen molar-refractivity contribution in [2.75, 3.05) is 10.6 Å². The molecule has 1 aromatic carbocycles. The van der Waals surface area contributed by atoms with E-state index >= 15 is 0 Å². The third kappa shape index (κ3) is 3.38. The lowest BCUT2D eigenvalue weighted by Gasteiger charge is -2.14. The molecule has 1 heterocycles. The molecule has 106 valence electrons. The van der Waals surface area contributed by atoms with Gasteiger partial charge in [0.2, 0.25) is 5.91 Å². The van der Waals surface area contributed by atoms with E-state index in [9.17, 15) is 4.79 Å². The van der Waals surface area contributed by atoms with E-state index in [1.54, 1.807) is 4.68 Å². The fourth-order valence-corrected chi connectivity index (χ4v) is 1.93. The van der Waals surface area contributed by atoms with Gasteiger partial charge in [0.1, 0.15) is 6.04 Å². The Bertz CT molecular complexity index is 601. The molecule has 2 rings (SSSR count). The summed E-state index contributed by atoms with van der Waals surface area (Å²) in [7, 11) is 1.86. The van der Waals surface area contributed by atoms with Gasteiger partial charge < -0.3 is 10.6 Å². The Morgan fingerprint density at radius 2 is 1.90 bits per heavy atom. The minimum absolute atomic E-state index is 0.0721. The van der Waals surface area contributed by atoms with Gasteiger partial charge in [0, 0.05) is 18.9 Å². The van der Waals surface area contributed by atoms with Gasteiger partial charge in [-0.25, -0.2) is 0 Å². The number of hydrogen-bond acceptors (Lipinski definition) is 3. The standard InChI is InChI=1S/C15H20N4O/c1-10-5-7-13(8-6-10)17-15(20)12(3)16-14-9-19(4)18-11(14)2/h5-9,12,16H,1-4H3,(H,17,20). The van der Waals surface area contributed by atoms with Crippen molar-refractivity contribution in [1.29, 1.82) is 0 Å². The first-order valence-electron chi connectivity index (χ1n) is 6.60. The van der Waals surface area contributed by atoms with Crippen LogP contribution in [0.3, 0.4) is 0 Å². The molecule has 0 spiro atoms. The fraction of sp³-hybridized carbons (Fsp3) is 0.333. The molecule has 1 aromatic heterocycles. The summed E-state index contributed by atoms with van der Waals surface area (Å²) in [6.07, 6.45) is 1.87. The zero-order valence-electron chi connectivity index (χ0n) is 12.3. The maximum atomic E-state index is 12.1. The lowest BCUT2D eigenvalue weighted by atomic mass is 10.2. The number of nitrogens with one attached hydrogen (secondary N) is 2. The molecule has 0 bridgehead atoms. The Labute approximate surface area is 119 Å². The molecule has 2 aromatic rings. The van der Waals surface area contributed by atoms with E-state index in [1.807, 2.05) is 58.3 Å². The SMILES string of the molecule is Cc1ccc(NC(=O)C(C)Nc2cn(C)nc2C)cc1. The van der Waals surface area contributed by atoms with Crippen LogP contribution in [0.25, 0.3) is 0 Å². The van der Waals surface area contributed by atoms with Crippen LogP contribution in [0, 0.1) is 13.8 Å². The lowest BCUT2D eigenvalue weighted by molar-refractivity contribution is -0.116. The van der Waals surface area contributed by atoms with Gasteiger partial charge >= 0.3 is 0 Å². The summed E-state index contributed by atoms with van der Waals surface area (Å²) < 4.78 is 1.72. The third-order valence-electron chi connectivity index (χ3n) is 3.10. The number of rotatable bonds is 4. The molecule has 20 heavy (non-hydrogen) atoms. The molecular weight excluding hydrogens is 252 g/mol. The highest BCUT2D eigenvalue weighted by Gasteiger charge is 2.14. The second kappa shape index (κ2) is 5.77. The van der Waals surface area contributed by atoms with Gasteiger partial charge in [-0.2, -0.15) is 5.10 Å². The van der Waals surface area contributed by atoms with Crippen molar-refractivity contribution in [2.45, 2.75) is 26.8 Å². The Kier molecular flexibility index (Phi) is 4.08. The molecule has 0 fully saturated rings. The van der Waals surface area contributed by atoms with Crippen molar-refractivity contribution in [1.82, 2.24) is 9.78 Å². The van der Waals surface area contributed by atoms with Gasteiger partial charge in [-0.15, -0.1) is 0 Å². The predicted molar refractivity (Wildman–Crippen MR) is 80.8 cm³/mol. The van der Waals surface area contributed by atoms with Crippen LogP contribution in [0.1, 0.15) is 18.2 Å². The molecule has 5 heteroatoms. The molecule has 0 aliphatic carbocycles. The zero-order valence-corrected chi connectivity index (χ0v) is 12.3. The second-order valence-corrected chi connectivity index (χ2v) is 5.02. The van der Waals surface area contributed by atoms with Crippen LogP contribution in [0.15, 0.2) is 30.5 Å². The second-order valence-electron chi connectivity index (χ2n) is 5.02. The predicted octanol–water partition coefficient (Wildman–Crippen LogP) is 2.48. The van der Waals surface area contributed by atoms with E-state index in [1.165, 1.54) is 5.56 Å². The van der Waals surface area contributed by atoms with Crippen molar-refractivity contribution in [3.63, 3.8) is 0 Å². The minimum Gasteiger partial charge on any atom is -0.371 e. The first kappa shape index (κ1) is 14.1. The highest BCUT2D eigenvalue weighted by molar-refractivity contribution is 5.96. The first-order chi connectivity index (χ1) is 9.45. The van der Waals surface area contributed by atoms with Crippen LogP contribution >= 0.6 is 0 Å². The molecule has 2 N–H and O–H groups in total. The molecule has 0 aliphatic heterocycles. The van der Waals surface area contributed by atoms with Crippen molar-refractivity contribution in [3.8, 4) is 0 Å².